The summed E-state index contributed by atoms with van der Waals surface area (Å²) < 4.78 is 13.7. The smallest absolute Gasteiger partial charge is 0.281 e. The number of methoxy groups -OCH3 is 1. The number of hydrogen-bond donors (Lipinski definition) is 1. The molecule has 232 valence electrons. The highest BCUT2D eigenvalue weighted by atomic mass is 79.9. The fourth-order valence-corrected chi connectivity index (χ4v) is 6.80. The Balaban J connectivity index is 1.45. The van der Waals surface area contributed by atoms with E-state index in [9.17, 15) is 19.7 Å². The number of carbonyl (C=O) groups is 1. The topological polar surface area (TPSA) is 129 Å². The minimum Gasteiger partial charge on any atom is -0.497 e. The van der Waals surface area contributed by atoms with Crippen molar-refractivity contribution in [2.75, 3.05) is 12.4 Å². The molecule has 10 nitrogen and oxygen atoms in total. The maximum Gasteiger partial charge on any atom is 0.281 e. The normalized spacial score (nSPS) is 14.5. The second kappa shape index (κ2) is 12.4. The Kier molecular flexibility index (Phi) is 8.32. The van der Waals surface area contributed by atoms with Crippen molar-refractivity contribution < 1.29 is 18.9 Å². The third kappa shape index (κ3) is 5.84. The number of aromatic nitrogens is 1. The van der Waals surface area contributed by atoms with Crippen LogP contribution < -0.4 is 24.9 Å². The van der Waals surface area contributed by atoms with Crippen molar-refractivity contribution in [3.63, 3.8) is 0 Å². The van der Waals surface area contributed by atoms with Gasteiger partial charge in [-0.2, -0.15) is 0 Å². The number of benzene rings is 3. The molecule has 0 saturated heterocycles. The summed E-state index contributed by atoms with van der Waals surface area (Å²) in [5.74, 6) is 0.894. The number of rotatable bonds is 7. The van der Waals surface area contributed by atoms with Crippen LogP contribution in [-0.4, -0.2) is 22.5 Å². The standard InChI is InChI=1S/C34H27BrN4O6S/c1-18-5-13-26(19(2)15-18)37-32(40)30-20(3)36-34-38(31(30)21-6-9-23(44-4)10-7-21)33(41)29(46-34)17-24-11-14-28(45-24)25-12-8-22(35)16-27(25)39(42)43/h5-17,31H,1-4H3,(H,37,40)/b29-17-/t31-/m0/s1. The molecular weight excluding hydrogens is 672 g/mol. The number of nitro groups is 1. The van der Waals surface area contributed by atoms with E-state index in [0.29, 0.717) is 53.4 Å². The fourth-order valence-electron chi connectivity index (χ4n) is 5.43. The molecule has 1 N–H and O–H groups in total. The predicted molar refractivity (Wildman–Crippen MR) is 180 cm³/mol. The van der Waals surface area contributed by atoms with Crippen molar-refractivity contribution in [3.05, 3.63) is 141 Å². The van der Waals surface area contributed by atoms with Crippen molar-refractivity contribution in [2.24, 2.45) is 4.99 Å². The molecule has 5 aromatic rings. The first kappa shape index (κ1) is 30.9. The van der Waals surface area contributed by atoms with Gasteiger partial charge in [0.15, 0.2) is 4.80 Å². The first-order valence-electron chi connectivity index (χ1n) is 14.1. The van der Waals surface area contributed by atoms with Crippen LogP contribution in [0.25, 0.3) is 17.4 Å². The lowest BCUT2D eigenvalue weighted by Gasteiger charge is -2.25. The summed E-state index contributed by atoms with van der Waals surface area (Å²) in [6.45, 7) is 5.67. The third-order valence-electron chi connectivity index (χ3n) is 7.65. The Morgan fingerprint density at radius 2 is 1.85 bits per heavy atom. The molecule has 0 spiro atoms. The zero-order valence-electron chi connectivity index (χ0n) is 25.2. The molecule has 1 atom stereocenters. The van der Waals surface area contributed by atoms with E-state index in [0.717, 1.165) is 11.1 Å². The van der Waals surface area contributed by atoms with Gasteiger partial charge in [-0.1, -0.05) is 57.1 Å². The van der Waals surface area contributed by atoms with Crippen LogP contribution in [0, 0.1) is 24.0 Å². The van der Waals surface area contributed by atoms with Crippen molar-refractivity contribution in [1.29, 1.82) is 0 Å². The van der Waals surface area contributed by atoms with Gasteiger partial charge in [-0.25, -0.2) is 4.99 Å². The highest BCUT2D eigenvalue weighted by Gasteiger charge is 2.33. The monoisotopic (exact) mass is 698 g/mol. The van der Waals surface area contributed by atoms with Gasteiger partial charge in [0.05, 0.1) is 39.4 Å². The number of furan rings is 1. The second-order valence-electron chi connectivity index (χ2n) is 10.7. The van der Waals surface area contributed by atoms with Gasteiger partial charge >= 0.3 is 0 Å². The van der Waals surface area contributed by atoms with Crippen molar-refractivity contribution in [1.82, 2.24) is 4.57 Å². The number of fused-ring (bicyclic) bond motifs is 1. The van der Waals surface area contributed by atoms with Gasteiger partial charge in [0, 0.05) is 22.3 Å². The Labute approximate surface area is 275 Å². The Morgan fingerprint density at radius 3 is 2.54 bits per heavy atom. The number of ether oxygens (including phenoxy) is 1. The summed E-state index contributed by atoms with van der Waals surface area (Å²) in [7, 11) is 1.57. The van der Waals surface area contributed by atoms with Gasteiger partial charge in [-0.05, 0) is 74.4 Å². The maximum atomic E-state index is 14.1. The van der Waals surface area contributed by atoms with Crippen molar-refractivity contribution in [3.8, 4) is 17.1 Å². The lowest BCUT2D eigenvalue weighted by molar-refractivity contribution is -0.384. The van der Waals surface area contributed by atoms with Crippen LogP contribution in [0.15, 0.2) is 103 Å². The molecule has 0 bridgehead atoms. The summed E-state index contributed by atoms with van der Waals surface area (Å²) in [5.41, 5.74) is 4.02. The molecule has 12 heteroatoms. The molecule has 0 unspecified atom stereocenters. The van der Waals surface area contributed by atoms with Crippen LogP contribution in [0.1, 0.15) is 35.4 Å². The number of nitrogens with one attached hydrogen (secondary N) is 1. The molecule has 0 aliphatic carbocycles. The average molecular weight is 700 g/mol. The molecule has 3 heterocycles. The fraction of sp³-hybridized carbons (Fsp3) is 0.147. The van der Waals surface area contributed by atoms with E-state index in [1.165, 1.54) is 22.0 Å². The Hall–Kier alpha value is -5.07. The number of halogens is 1. The number of amides is 1. The van der Waals surface area contributed by atoms with Crippen LogP contribution in [0.2, 0.25) is 0 Å². The zero-order valence-corrected chi connectivity index (χ0v) is 27.6. The van der Waals surface area contributed by atoms with E-state index in [2.05, 4.69) is 21.2 Å². The summed E-state index contributed by atoms with van der Waals surface area (Å²) >= 11 is 4.44. The first-order chi connectivity index (χ1) is 22.0. The highest BCUT2D eigenvalue weighted by Crippen LogP contribution is 2.34. The van der Waals surface area contributed by atoms with Gasteiger partial charge in [-0.15, -0.1) is 0 Å². The van der Waals surface area contributed by atoms with E-state index in [-0.39, 0.29) is 22.9 Å². The number of thiazole rings is 1. The maximum absolute atomic E-state index is 14.1. The van der Waals surface area contributed by atoms with Crippen LogP contribution in [0.3, 0.4) is 0 Å². The van der Waals surface area contributed by atoms with Crippen LogP contribution in [0.5, 0.6) is 5.75 Å². The van der Waals surface area contributed by atoms with Gasteiger partial charge in [0.2, 0.25) is 0 Å². The number of hydrogen-bond acceptors (Lipinski definition) is 8. The van der Waals surface area contributed by atoms with Gasteiger partial charge in [-0.3, -0.25) is 24.3 Å². The quantitative estimate of drug-likeness (QED) is 0.154. The number of nitrogens with zero attached hydrogens (tertiary/aromatic N) is 3. The summed E-state index contributed by atoms with van der Waals surface area (Å²) in [6.07, 6.45) is 1.58. The molecule has 1 amide bonds. The predicted octanol–water partition coefficient (Wildman–Crippen LogP) is 6.43. The SMILES string of the molecule is COc1ccc([C@H]2C(C(=O)Nc3ccc(C)cc3C)=C(C)N=c3s/c(=C\c4ccc(-c5ccc(Br)cc5[N+](=O)[O-])o4)c(=O)n32)cc1. The number of nitro benzene ring substituents is 1. The number of aryl methyl sites for hydroxylation is 2. The second-order valence-corrected chi connectivity index (χ2v) is 12.7. The minimum atomic E-state index is -0.771. The molecule has 0 radical (unpaired) electrons. The molecule has 2 aromatic heterocycles. The lowest BCUT2D eigenvalue weighted by Crippen LogP contribution is -2.40. The number of carbonyl (C=O) groups excluding carboxylic acids is 1. The summed E-state index contributed by atoms with van der Waals surface area (Å²) in [5, 5.41) is 14.7. The van der Waals surface area contributed by atoms with E-state index >= 15 is 0 Å². The molecule has 0 fully saturated rings. The Morgan fingerprint density at radius 1 is 1.09 bits per heavy atom. The largest absolute Gasteiger partial charge is 0.497 e. The van der Waals surface area contributed by atoms with Crippen LogP contribution in [0.4, 0.5) is 11.4 Å². The number of anilines is 1. The zero-order chi connectivity index (χ0) is 32.7. The molecule has 1 aliphatic rings. The summed E-state index contributed by atoms with van der Waals surface area (Å²) in [4.78, 5) is 44.3. The highest BCUT2D eigenvalue weighted by molar-refractivity contribution is 9.10. The first-order valence-corrected chi connectivity index (χ1v) is 15.7. The lowest BCUT2D eigenvalue weighted by atomic mass is 9.95. The molecule has 1 aliphatic heterocycles. The minimum absolute atomic E-state index is 0.115. The van der Waals surface area contributed by atoms with Gasteiger partial charge in [0.1, 0.15) is 17.3 Å². The van der Waals surface area contributed by atoms with E-state index < -0.39 is 11.0 Å². The third-order valence-corrected chi connectivity index (χ3v) is 9.13. The molecular formula is C34H27BrN4O6S. The van der Waals surface area contributed by atoms with E-state index in [1.54, 1.807) is 56.5 Å². The van der Waals surface area contributed by atoms with Crippen LogP contribution in [-0.2, 0) is 4.79 Å². The molecule has 0 saturated carbocycles. The molecule has 46 heavy (non-hydrogen) atoms. The summed E-state index contributed by atoms with van der Waals surface area (Å²) in [6, 6.07) is 20.2. The van der Waals surface area contributed by atoms with Crippen molar-refractivity contribution >= 4 is 50.6 Å². The van der Waals surface area contributed by atoms with Crippen LogP contribution >= 0.6 is 27.3 Å². The van der Waals surface area contributed by atoms with Gasteiger partial charge in [0.25, 0.3) is 17.2 Å². The van der Waals surface area contributed by atoms with E-state index in [1.807, 2.05) is 44.2 Å². The number of allylic oxidation sites excluding steroid dienone is 1. The van der Waals surface area contributed by atoms with E-state index in [4.69, 9.17) is 14.1 Å². The molecule has 6 rings (SSSR count). The molecule has 3 aromatic carbocycles. The Bertz CT molecular complexity index is 2250. The van der Waals surface area contributed by atoms with Crippen molar-refractivity contribution in [2.45, 2.75) is 26.8 Å². The van der Waals surface area contributed by atoms with Gasteiger partial charge < -0.3 is 14.5 Å². The average Bonchev–Trinajstić information content (AvgIpc) is 3.61.